The first-order chi connectivity index (χ1) is 19.5. The van der Waals surface area contributed by atoms with E-state index >= 15 is 0 Å². The molecule has 0 amide bonds. The molecule has 0 radical (unpaired) electrons. The number of rotatable bonds is 4. The summed E-state index contributed by atoms with van der Waals surface area (Å²) < 4.78 is 5.01. The number of hydrogen-bond donors (Lipinski definition) is 0. The van der Waals surface area contributed by atoms with E-state index < -0.39 is 21.3 Å². The molecule has 220 valence electrons. The Balaban J connectivity index is 0.00000212. The third kappa shape index (κ3) is 6.56. The predicted octanol–water partition coefficient (Wildman–Crippen LogP) is 3.61. The van der Waals surface area contributed by atoms with E-state index in [9.17, 15) is 0 Å². The van der Waals surface area contributed by atoms with Gasteiger partial charge in [-0.3, -0.25) is 0 Å². The van der Waals surface area contributed by atoms with Crippen LogP contribution < -0.4 is 28.1 Å². The second-order valence-corrected chi connectivity index (χ2v) is 19.7. The second kappa shape index (κ2) is 13.0. The fourth-order valence-electron chi connectivity index (χ4n) is 6.60. The molecule has 0 saturated carbocycles. The minimum atomic E-state index is -2.74. The molecule has 0 atom stereocenters. The number of fused-ring (bicyclic) bond motifs is 3. The van der Waals surface area contributed by atoms with Gasteiger partial charge in [0.05, 0.1) is 0 Å². The zero-order chi connectivity index (χ0) is 28.9. The van der Waals surface area contributed by atoms with Gasteiger partial charge >= 0.3 is 256 Å². The molecule has 0 aromatic heterocycles. The second-order valence-electron chi connectivity index (χ2n) is 13.9. The van der Waals surface area contributed by atoms with Gasteiger partial charge in [0.15, 0.2) is 0 Å². The summed E-state index contributed by atoms with van der Waals surface area (Å²) in [5, 5.41) is 0. The van der Waals surface area contributed by atoms with E-state index in [-0.39, 0.29) is 35.6 Å². The molecular formula is C40H42Cl2Zr. The molecule has 6 rings (SSSR count). The molecule has 0 N–H and O–H groups in total. The topological polar surface area (TPSA) is 0 Å². The Hall–Kier alpha value is -2.31. The molecule has 43 heavy (non-hydrogen) atoms. The molecular weight excluding hydrogens is 643 g/mol. The molecule has 0 spiro atoms. The van der Waals surface area contributed by atoms with Crippen molar-refractivity contribution in [2.24, 2.45) is 0 Å². The maximum absolute atomic E-state index is 2.74. The number of hydrogen-bond acceptors (Lipinski definition) is 0. The molecule has 0 saturated heterocycles. The van der Waals surface area contributed by atoms with Crippen LogP contribution in [0.1, 0.15) is 88.3 Å². The molecule has 2 aliphatic carbocycles. The molecule has 3 heteroatoms. The Morgan fingerprint density at radius 1 is 0.674 bits per heavy atom. The molecule has 4 aromatic carbocycles. The van der Waals surface area contributed by atoms with Crippen LogP contribution in [-0.2, 0) is 38.5 Å². The van der Waals surface area contributed by atoms with Crippen LogP contribution >= 0.6 is 0 Å². The van der Waals surface area contributed by atoms with Crippen LogP contribution in [-0.4, -0.2) is 3.21 Å². The Morgan fingerprint density at radius 3 is 1.77 bits per heavy atom. The Bertz CT molecular complexity index is 1690. The smallest absolute Gasteiger partial charge is 1.00 e. The summed E-state index contributed by atoms with van der Waals surface area (Å²) in [5.74, 6) is 0. The summed E-state index contributed by atoms with van der Waals surface area (Å²) in [5.41, 5.74) is 13.4. The van der Waals surface area contributed by atoms with E-state index in [0.717, 1.165) is 12.8 Å². The minimum absolute atomic E-state index is 0. The van der Waals surface area contributed by atoms with E-state index in [1.807, 2.05) is 0 Å². The molecule has 0 fully saturated rings. The molecule has 0 nitrogen and oxygen atoms in total. The van der Waals surface area contributed by atoms with Crippen molar-refractivity contribution < 1.29 is 46.1 Å². The fourth-order valence-corrected chi connectivity index (χ4v) is 15.8. The van der Waals surface area contributed by atoms with E-state index in [1.165, 1.54) is 39.0 Å². The monoisotopic (exact) mass is 682 g/mol. The van der Waals surface area contributed by atoms with Crippen molar-refractivity contribution in [2.75, 3.05) is 0 Å². The van der Waals surface area contributed by atoms with Crippen LogP contribution in [0.3, 0.4) is 0 Å². The van der Waals surface area contributed by atoms with Crippen LogP contribution in [0.5, 0.6) is 0 Å². The van der Waals surface area contributed by atoms with Gasteiger partial charge in [-0.2, -0.15) is 0 Å². The Labute approximate surface area is 279 Å². The summed E-state index contributed by atoms with van der Waals surface area (Å²) in [4.78, 5) is 0. The van der Waals surface area contributed by atoms with Crippen molar-refractivity contribution in [3.63, 3.8) is 0 Å². The Morgan fingerprint density at radius 2 is 1.26 bits per heavy atom. The van der Waals surface area contributed by atoms with Gasteiger partial charge in [0, 0.05) is 0 Å². The minimum Gasteiger partial charge on any atom is -1.00 e. The maximum Gasteiger partial charge on any atom is -1.00 e. The summed E-state index contributed by atoms with van der Waals surface area (Å²) in [7, 11) is 0. The average molecular weight is 685 g/mol. The zero-order valence-corrected chi connectivity index (χ0v) is 30.5. The third-order valence-corrected chi connectivity index (χ3v) is 16.5. The first-order valence-corrected chi connectivity index (χ1v) is 18.7. The molecule has 0 heterocycles. The predicted molar refractivity (Wildman–Crippen MR) is 174 cm³/mol. The van der Waals surface area contributed by atoms with E-state index in [1.54, 1.807) is 20.9 Å². The largest absolute Gasteiger partial charge is 1.00 e. The van der Waals surface area contributed by atoms with E-state index in [4.69, 9.17) is 0 Å². The molecule has 0 aliphatic heterocycles. The maximum atomic E-state index is 2.55. The van der Waals surface area contributed by atoms with Gasteiger partial charge in [0.25, 0.3) is 0 Å². The molecule has 0 bridgehead atoms. The van der Waals surface area contributed by atoms with Gasteiger partial charge in [0.1, 0.15) is 0 Å². The molecule has 4 aromatic rings. The van der Waals surface area contributed by atoms with Crippen molar-refractivity contribution >= 4 is 6.48 Å². The van der Waals surface area contributed by atoms with Crippen molar-refractivity contribution in [2.45, 2.75) is 72.1 Å². The Kier molecular flexibility index (Phi) is 10.1. The summed E-state index contributed by atoms with van der Waals surface area (Å²) >= 11 is -2.74. The number of benzene rings is 4. The zero-order valence-electron chi connectivity index (χ0n) is 26.5. The first-order valence-electron chi connectivity index (χ1n) is 15.1. The van der Waals surface area contributed by atoms with Gasteiger partial charge in [0.2, 0.25) is 0 Å². The van der Waals surface area contributed by atoms with Gasteiger partial charge in [-0.1, -0.05) is 0 Å². The number of allylic oxidation sites excluding steroid dienone is 4. The van der Waals surface area contributed by atoms with Gasteiger partial charge in [-0.25, -0.2) is 0 Å². The first kappa shape index (κ1) is 33.6. The van der Waals surface area contributed by atoms with E-state index in [0.29, 0.717) is 0 Å². The summed E-state index contributed by atoms with van der Waals surface area (Å²) in [6.07, 6.45) is 7.12. The quantitative estimate of drug-likeness (QED) is 0.272. The fraction of sp³-hybridized carbons (Fsp3) is 0.275. The average Bonchev–Trinajstić information content (AvgIpc) is 3.54. The van der Waals surface area contributed by atoms with Crippen LogP contribution in [0, 0.1) is 0 Å². The molecule has 0 unspecified atom stereocenters. The van der Waals surface area contributed by atoms with Crippen molar-refractivity contribution in [3.8, 4) is 11.1 Å². The van der Waals surface area contributed by atoms with Crippen molar-refractivity contribution in [3.05, 3.63) is 145 Å². The van der Waals surface area contributed by atoms with Crippen LogP contribution in [0.4, 0.5) is 0 Å². The van der Waals surface area contributed by atoms with Crippen LogP contribution in [0.15, 0.2) is 112 Å². The standard InChI is InChI=1S/C21H25.C13H10.C6H7.2ClH.Zr/c1-20(2,3)16-7-9-18-14(12-16)11-15-13-17(21(4,5)6)8-10-19(15)18;1-3-7-12(8-4-1)11-13-9-5-2-6-10-13;1-6-4-2-3-5-6;;;/h7-10,12H,11H2,1-6H3;1-10H;4-5H,2H2,1H3;2*1H;/q;;;;;+2/p-2. The van der Waals surface area contributed by atoms with Gasteiger partial charge < -0.3 is 24.8 Å². The van der Waals surface area contributed by atoms with Crippen LogP contribution in [0.25, 0.3) is 11.1 Å². The van der Waals surface area contributed by atoms with Crippen molar-refractivity contribution in [1.82, 2.24) is 0 Å². The number of halogens is 2. The summed E-state index contributed by atoms with van der Waals surface area (Å²) in [6.45, 7) is 16.5. The van der Waals surface area contributed by atoms with Gasteiger partial charge in [-0.05, 0) is 0 Å². The van der Waals surface area contributed by atoms with Gasteiger partial charge in [-0.15, -0.1) is 0 Å². The molecule has 2 aliphatic rings. The third-order valence-electron chi connectivity index (χ3n) is 8.74. The SMILES string of the molecule is CC1=CC[C]([Zr+2](=[C](c2ccccc2)c2ccccc2)[c]2c(C(C)(C)C)ccc3c2Cc2cc(C(C)(C)C)ccc2-3)=C1.[Cl-].[Cl-]. The van der Waals surface area contributed by atoms with E-state index in [2.05, 4.69) is 152 Å². The van der Waals surface area contributed by atoms with Crippen LogP contribution in [0.2, 0.25) is 0 Å². The normalized spacial score (nSPS) is 13.4. The summed E-state index contributed by atoms with van der Waals surface area (Å²) in [6, 6.07) is 34.8. The van der Waals surface area contributed by atoms with Crippen molar-refractivity contribution in [1.29, 1.82) is 0 Å².